The van der Waals surface area contributed by atoms with Gasteiger partial charge in [-0.1, -0.05) is 24.3 Å². The normalized spacial score (nSPS) is 11.0. The van der Waals surface area contributed by atoms with E-state index in [0.717, 1.165) is 17.7 Å². The van der Waals surface area contributed by atoms with Gasteiger partial charge in [-0.25, -0.2) is 0 Å². The molecule has 0 amide bonds. The Morgan fingerprint density at radius 1 is 1.13 bits per heavy atom. The van der Waals surface area contributed by atoms with Crippen LogP contribution in [0.15, 0.2) is 48.7 Å². The monoisotopic (exact) mass is 306 g/mol. The van der Waals surface area contributed by atoms with E-state index in [1.165, 1.54) is 27.7 Å². The van der Waals surface area contributed by atoms with Gasteiger partial charge in [-0.3, -0.25) is 5.41 Å². The molecule has 0 unspecified atom stereocenters. The second-order valence-electron chi connectivity index (χ2n) is 6.38. The lowest BCUT2D eigenvalue weighted by Crippen LogP contribution is -2.41. The molecule has 118 valence electrons. The Bertz CT molecular complexity index is 872. The molecule has 2 aromatic carbocycles. The number of hydrogen-bond donors (Lipinski definition) is 1. The summed E-state index contributed by atoms with van der Waals surface area (Å²) in [6.45, 7) is 2.13. The van der Waals surface area contributed by atoms with Crippen molar-refractivity contribution in [1.82, 2.24) is 4.57 Å². The molecule has 0 saturated carbocycles. The van der Waals surface area contributed by atoms with Gasteiger partial charge >= 0.3 is 0 Å². The van der Waals surface area contributed by atoms with Gasteiger partial charge in [0.1, 0.15) is 0 Å². The molecule has 0 aliphatic heterocycles. The predicted molar refractivity (Wildman–Crippen MR) is 98.2 cm³/mol. The van der Waals surface area contributed by atoms with E-state index in [4.69, 9.17) is 5.41 Å². The SMILES string of the molecule is Cc1ccccc1CC(=[NH2+])c1cn(C)c2ccc(N(C)C)cc12. The van der Waals surface area contributed by atoms with E-state index in [9.17, 15) is 0 Å². The van der Waals surface area contributed by atoms with E-state index in [-0.39, 0.29) is 0 Å². The number of fused-ring (bicyclic) bond motifs is 1. The first kappa shape index (κ1) is 15.3. The molecule has 3 heteroatoms. The van der Waals surface area contributed by atoms with Crippen molar-refractivity contribution < 1.29 is 5.41 Å². The number of benzene rings is 2. The summed E-state index contributed by atoms with van der Waals surface area (Å²) in [4.78, 5) is 2.12. The number of nitrogens with two attached hydrogens (primary N) is 1. The van der Waals surface area contributed by atoms with Gasteiger partial charge in [-0.15, -0.1) is 0 Å². The first-order valence-corrected chi connectivity index (χ1v) is 7.90. The van der Waals surface area contributed by atoms with E-state index in [1.54, 1.807) is 0 Å². The van der Waals surface area contributed by atoms with Gasteiger partial charge in [0.2, 0.25) is 0 Å². The van der Waals surface area contributed by atoms with Crippen LogP contribution in [0.5, 0.6) is 0 Å². The van der Waals surface area contributed by atoms with Gasteiger partial charge < -0.3 is 9.47 Å². The van der Waals surface area contributed by atoms with E-state index < -0.39 is 0 Å². The second-order valence-corrected chi connectivity index (χ2v) is 6.38. The zero-order chi connectivity index (χ0) is 16.6. The molecule has 23 heavy (non-hydrogen) atoms. The van der Waals surface area contributed by atoms with E-state index in [2.05, 4.69) is 86.2 Å². The van der Waals surface area contributed by atoms with E-state index in [0.29, 0.717) is 0 Å². The topological polar surface area (TPSA) is 33.8 Å². The summed E-state index contributed by atoms with van der Waals surface area (Å²) in [7, 11) is 6.19. The third kappa shape index (κ3) is 2.87. The van der Waals surface area contributed by atoms with Crippen LogP contribution in [-0.2, 0) is 13.5 Å². The summed E-state index contributed by atoms with van der Waals surface area (Å²) >= 11 is 0. The summed E-state index contributed by atoms with van der Waals surface area (Å²) in [5.74, 6) is 0. The van der Waals surface area contributed by atoms with Crippen molar-refractivity contribution in [2.75, 3.05) is 19.0 Å². The predicted octanol–water partition coefficient (Wildman–Crippen LogP) is 2.34. The molecule has 3 aromatic rings. The van der Waals surface area contributed by atoms with Crippen LogP contribution in [0.4, 0.5) is 5.69 Å². The molecular formula is C20H24N3+. The summed E-state index contributed by atoms with van der Waals surface area (Å²) in [6, 6.07) is 14.9. The van der Waals surface area contributed by atoms with Crippen molar-refractivity contribution in [3.8, 4) is 0 Å². The number of hydrogen-bond acceptors (Lipinski definition) is 1. The van der Waals surface area contributed by atoms with Gasteiger partial charge in [0.15, 0.2) is 5.71 Å². The highest BCUT2D eigenvalue weighted by Gasteiger charge is 2.17. The van der Waals surface area contributed by atoms with Crippen LogP contribution in [-0.4, -0.2) is 24.4 Å². The highest BCUT2D eigenvalue weighted by molar-refractivity contribution is 6.09. The van der Waals surface area contributed by atoms with Crippen LogP contribution in [0.2, 0.25) is 0 Å². The molecule has 3 rings (SSSR count). The second kappa shape index (κ2) is 5.92. The van der Waals surface area contributed by atoms with E-state index in [1.807, 2.05) is 0 Å². The molecule has 2 N–H and O–H groups in total. The van der Waals surface area contributed by atoms with Crippen molar-refractivity contribution in [3.63, 3.8) is 0 Å². The molecule has 0 fully saturated rings. The minimum absolute atomic E-state index is 0.776. The highest BCUT2D eigenvalue weighted by Crippen LogP contribution is 2.26. The largest absolute Gasteiger partial charge is 0.378 e. The maximum atomic E-state index is 6.49. The Morgan fingerprint density at radius 3 is 2.57 bits per heavy atom. The number of aromatic nitrogens is 1. The highest BCUT2D eigenvalue weighted by atomic mass is 15.1. The fourth-order valence-corrected chi connectivity index (χ4v) is 3.02. The van der Waals surface area contributed by atoms with Crippen LogP contribution < -0.4 is 10.3 Å². The number of nitrogens with zero attached hydrogens (tertiary/aromatic N) is 2. The van der Waals surface area contributed by atoms with Gasteiger partial charge in [0, 0.05) is 43.9 Å². The molecule has 0 aliphatic carbocycles. The summed E-state index contributed by atoms with van der Waals surface area (Å²) < 4.78 is 2.15. The number of aryl methyl sites for hydroxylation is 2. The average Bonchev–Trinajstić information content (AvgIpc) is 2.86. The zero-order valence-electron chi connectivity index (χ0n) is 14.3. The molecular weight excluding hydrogens is 282 g/mol. The molecule has 1 aromatic heterocycles. The van der Waals surface area contributed by atoms with Crippen LogP contribution in [0, 0.1) is 6.92 Å². The maximum Gasteiger partial charge on any atom is 0.186 e. The summed E-state index contributed by atoms with van der Waals surface area (Å²) in [5, 5.41) is 7.70. The molecule has 1 heterocycles. The Morgan fingerprint density at radius 2 is 1.87 bits per heavy atom. The Hall–Kier alpha value is -2.55. The standard InChI is InChI=1S/C20H23N3/c1-14-7-5-6-8-15(14)11-19(21)18-13-23(4)20-10-9-16(22(2)3)12-17(18)20/h5-10,12-13,21H,11H2,1-4H3/p+1. The lowest BCUT2D eigenvalue weighted by atomic mass is 9.98. The molecule has 0 aliphatic rings. The van der Waals surface area contributed by atoms with Crippen molar-refractivity contribution >= 4 is 22.3 Å². The van der Waals surface area contributed by atoms with Crippen LogP contribution in [0.3, 0.4) is 0 Å². The molecule has 0 spiro atoms. The average molecular weight is 306 g/mol. The Labute approximate surface area is 137 Å². The quantitative estimate of drug-likeness (QED) is 0.738. The number of rotatable bonds is 4. The Balaban J connectivity index is 2.03. The fourth-order valence-electron chi connectivity index (χ4n) is 3.02. The van der Waals surface area contributed by atoms with Crippen LogP contribution >= 0.6 is 0 Å². The lowest BCUT2D eigenvalue weighted by Gasteiger charge is -2.12. The first-order chi connectivity index (χ1) is 11.0. The zero-order valence-corrected chi connectivity index (χ0v) is 14.3. The van der Waals surface area contributed by atoms with Gasteiger partial charge in [0.25, 0.3) is 0 Å². The minimum atomic E-state index is 0.776. The Kier molecular flexibility index (Phi) is 3.95. The van der Waals surface area contributed by atoms with E-state index >= 15 is 0 Å². The van der Waals surface area contributed by atoms with Gasteiger partial charge in [0.05, 0.1) is 12.0 Å². The van der Waals surface area contributed by atoms with Gasteiger partial charge in [-0.2, -0.15) is 0 Å². The molecule has 0 radical (unpaired) electrons. The maximum absolute atomic E-state index is 6.49. The van der Waals surface area contributed by atoms with Crippen molar-refractivity contribution in [2.24, 2.45) is 7.05 Å². The van der Waals surface area contributed by atoms with Crippen LogP contribution in [0.1, 0.15) is 16.7 Å². The smallest absolute Gasteiger partial charge is 0.186 e. The minimum Gasteiger partial charge on any atom is -0.378 e. The van der Waals surface area contributed by atoms with Crippen molar-refractivity contribution in [2.45, 2.75) is 13.3 Å². The lowest BCUT2D eigenvalue weighted by molar-refractivity contribution is -0.114. The van der Waals surface area contributed by atoms with Crippen molar-refractivity contribution in [1.29, 1.82) is 0 Å². The molecule has 0 bridgehead atoms. The third-order valence-electron chi connectivity index (χ3n) is 4.48. The third-order valence-corrected chi connectivity index (χ3v) is 4.48. The van der Waals surface area contributed by atoms with Gasteiger partial charge in [-0.05, 0) is 36.2 Å². The fraction of sp³-hybridized carbons (Fsp3) is 0.250. The molecule has 0 saturated heterocycles. The summed E-state index contributed by atoms with van der Waals surface area (Å²) in [5.41, 5.74) is 7.01. The first-order valence-electron chi connectivity index (χ1n) is 7.90. The number of anilines is 1. The molecule has 3 nitrogen and oxygen atoms in total. The molecule has 0 atom stereocenters. The van der Waals surface area contributed by atoms with Crippen LogP contribution in [0.25, 0.3) is 10.9 Å². The van der Waals surface area contributed by atoms with Crippen molar-refractivity contribution in [3.05, 3.63) is 65.4 Å². The summed E-state index contributed by atoms with van der Waals surface area (Å²) in [6.07, 6.45) is 2.91.